The molecule has 0 bridgehead atoms. The SMILES string of the molecule is Cc1cc(Cl)ccc1N1C(=O)C(Nc2ccc(F)c(F)c2)=C(c2ccc(F)cc2)C1=O. The molecule has 0 radical (unpaired) electrons. The number of imide groups is 1. The molecule has 4 nitrogen and oxygen atoms in total. The lowest BCUT2D eigenvalue weighted by molar-refractivity contribution is -0.120. The summed E-state index contributed by atoms with van der Waals surface area (Å²) in [4.78, 5) is 27.5. The number of carbonyl (C=O) groups excluding carboxylic acids is 2. The van der Waals surface area contributed by atoms with Crippen molar-refractivity contribution in [3.05, 3.63) is 100.0 Å². The molecule has 0 aromatic heterocycles. The molecule has 156 valence electrons. The van der Waals surface area contributed by atoms with E-state index in [2.05, 4.69) is 5.32 Å². The van der Waals surface area contributed by atoms with Crippen LogP contribution >= 0.6 is 11.6 Å². The van der Waals surface area contributed by atoms with Gasteiger partial charge in [0.05, 0.1) is 11.3 Å². The summed E-state index contributed by atoms with van der Waals surface area (Å²) in [5.74, 6) is -4.02. The van der Waals surface area contributed by atoms with E-state index in [9.17, 15) is 22.8 Å². The van der Waals surface area contributed by atoms with Gasteiger partial charge in [-0.2, -0.15) is 0 Å². The molecule has 31 heavy (non-hydrogen) atoms. The number of carbonyl (C=O) groups is 2. The van der Waals surface area contributed by atoms with Crippen molar-refractivity contribution in [2.45, 2.75) is 6.92 Å². The highest BCUT2D eigenvalue weighted by atomic mass is 35.5. The standard InChI is InChI=1S/C23H14ClF3N2O2/c1-12-10-14(24)4-9-19(12)29-22(30)20(13-2-5-15(25)6-3-13)21(23(29)31)28-16-7-8-17(26)18(27)11-16/h2-11,28H,1H3. The summed E-state index contributed by atoms with van der Waals surface area (Å²) in [5, 5.41) is 3.16. The zero-order valence-corrected chi connectivity index (χ0v) is 16.8. The van der Waals surface area contributed by atoms with Crippen molar-refractivity contribution in [2.24, 2.45) is 0 Å². The second-order valence-electron chi connectivity index (χ2n) is 6.89. The molecule has 1 aliphatic rings. The van der Waals surface area contributed by atoms with Gasteiger partial charge in [-0.3, -0.25) is 9.59 Å². The fourth-order valence-electron chi connectivity index (χ4n) is 3.34. The van der Waals surface area contributed by atoms with E-state index in [0.717, 1.165) is 29.2 Å². The predicted octanol–water partition coefficient (Wildman–Crippen LogP) is 5.46. The molecule has 0 aliphatic carbocycles. The van der Waals surface area contributed by atoms with Crippen molar-refractivity contribution in [3.63, 3.8) is 0 Å². The third kappa shape index (κ3) is 3.80. The zero-order valence-electron chi connectivity index (χ0n) is 16.0. The molecule has 4 rings (SSSR count). The van der Waals surface area contributed by atoms with Crippen LogP contribution in [0.2, 0.25) is 5.02 Å². The zero-order chi connectivity index (χ0) is 22.3. The Morgan fingerprint density at radius 3 is 2.19 bits per heavy atom. The summed E-state index contributed by atoms with van der Waals surface area (Å²) in [5.41, 5.74) is 1.10. The molecular formula is C23H14ClF3N2O2. The maximum absolute atomic E-state index is 13.7. The molecule has 0 saturated carbocycles. The molecule has 1 N–H and O–H groups in total. The van der Waals surface area contributed by atoms with Crippen LogP contribution in [0.1, 0.15) is 11.1 Å². The quantitative estimate of drug-likeness (QED) is 0.546. The van der Waals surface area contributed by atoms with Gasteiger partial charge in [-0.25, -0.2) is 18.1 Å². The van der Waals surface area contributed by atoms with Gasteiger partial charge in [-0.05, 0) is 60.5 Å². The summed E-state index contributed by atoms with van der Waals surface area (Å²) >= 11 is 5.99. The number of rotatable bonds is 4. The number of halogens is 4. The minimum atomic E-state index is -1.11. The molecule has 1 heterocycles. The van der Waals surface area contributed by atoms with Crippen molar-refractivity contribution in [2.75, 3.05) is 10.2 Å². The van der Waals surface area contributed by atoms with Gasteiger partial charge >= 0.3 is 0 Å². The van der Waals surface area contributed by atoms with E-state index in [-0.39, 0.29) is 17.0 Å². The number of nitrogens with one attached hydrogen (secondary N) is 1. The smallest absolute Gasteiger partial charge is 0.282 e. The number of amides is 2. The summed E-state index contributed by atoms with van der Waals surface area (Å²) in [7, 11) is 0. The van der Waals surface area contributed by atoms with Crippen LogP contribution in [0.15, 0.2) is 66.4 Å². The van der Waals surface area contributed by atoms with E-state index < -0.39 is 29.3 Å². The van der Waals surface area contributed by atoms with Gasteiger partial charge in [0.2, 0.25) is 0 Å². The molecule has 0 unspecified atom stereocenters. The average Bonchev–Trinajstić information content (AvgIpc) is 2.96. The van der Waals surface area contributed by atoms with Gasteiger partial charge in [0.1, 0.15) is 11.5 Å². The average molecular weight is 443 g/mol. The van der Waals surface area contributed by atoms with Crippen molar-refractivity contribution in [1.82, 2.24) is 0 Å². The van der Waals surface area contributed by atoms with Crippen molar-refractivity contribution in [3.8, 4) is 0 Å². The highest BCUT2D eigenvalue weighted by molar-refractivity contribution is 6.46. The van der Waals surface area contributed by atoms with Gasteiger partial charge < -0.3 is 5.32 Å². The van der Waals surface area contributed by atoms with E-state index >= 15 is 0 Å². The fraction of sp³-hybridized carbons (Fsp3) is 0.0435. The first-order valence-corrected chi connectivity index (χ1v) is 9.51. The molecular weight excluding hydrogens is 429 g/mol. The number of anilines is 2. The molecule has 3 aromatic rings. The third-order valence-corrected chi connectivity index (χ3v) is 5.04. The van der Waals surface area contributed by atoms with E-state index in [1.54, 1.807) is 19.1 Å². The lowest BCUT2D eigenvalue weighted by Crippen LogP contribution is -2.33. The Labute approximate surface area is 180 Å². The van der Waals surface area contributed by atoms with Crippen LogP contribution in [0.5, 0.6) is 0 Å². The number of nitrogens with zero attached hydrogens (tertiary/aromatic N) is 1. The van der Waals surface area contributed by atoms with Crippen LogP contribution in [0, 0.1) is 24.4 Å². The maximum atomic E-state index is 13.7. The molecule has 2 amide bonds. The molecule has 0 atom stereocenters. The molecule has 3 aromatic carbocycles. The Morgan fingerprint density at radius 1 is 0.839 bits per heavy atom. The highest BCUT2D eigenvalue weighted by Crippen LogP contribution is 2.36. The van der Waals surface area contributed by atoms with Gasteiger partial charge in [0, 0.05) is 16.8 Å². The van der Waals surface area contributed by atoms with Crippen LogP contribution < -0.4 is 10.2 Å². The normalized spacial score (nSPS) is 13.9. The second-order valence-corrected chi connectivity index (χ2v) is 7.32. The second kappa shape index (κ2) is 7.92. The lowest BCUT2D eigenvalue weighted by atomic mass is 10.0. The molecule has 8 heteroatoms. The van der Waals surface area contributed by atoms with Crippen molar-refractivity contribution in [1.29, 1.82) is 0 Å². The van der Waals surface area contributed by atoms with Gasteiger partial charge in [-0.15, -0.1) is 0 Å². The first-order valence-electron chi connectivity index (χ1n) is 9.13. The minimum Gasteiger partial charge on any atom is -0.350 e. The van der Waals surface area contributed by atoms with E-state index in [1.165, 1.54) is 24.3 Å². The van der Waals surface area contributed by atoms with Gasteiger partial charge in [-0.1, -0.05) is 23.7 Å². The largest absolute Gasteiger partial charge is 0.350 e. The minimum absolute atomic E-state index is 0.0240. The van der Waals surface area contributed by atoms with E-state index in [1.807, 2.05) is 0 Å². The molecule has 0 spiro atoms. The highest BCUT2D eigenvalue weighted by Gasteiger charge is 2.40. The maximum Gasteiger partial charge on any atom is 0.282 e. The van der Waals surface area contributed by atoms with E-state index in [4.69, 9.17) is 11.6 Å². The van der Waals surface area contributed by atoms with Gasteiger partial charge in [0.15, 0.2) is 11.6 Å². The molecule has 1 aliphatic heterocycles. The summed E-state index contributed by atoms with van der Waals surface area (Å²) in [6, 6.07) is 12.7. The summed E-state index contributed by atoms with van der Waals surface area (Å²) in [6.45, 7) is 1.69. The van der Waals surface area contributed by atoms with Crippen molar-refractivity contribution >= 4 is 40.4 Å². The van der Waals surface area contributed by atoms with Crippen molar-refractivity contribution < 1.29 is 22.8 Å². The number of hydrogen-bond donors (Lipinski definition) is 1. The first-order chi connectivity index (χ1) is 14.8. The fourth-order valence-corrected chi connectivity index (χ4v) is 3.56. The Balaban J connectivity index is 1.84. The Morgan fingerprint density at radius 2 is 1.55 bits per heavy atom. The molecule has 0 saturated heterocycles. The predicted molar refractivity (Wildman–Crippen MR) is 112 cm³/mol. The Hall–Kier alpha value is -3.58. The lowest BCUT2D eigenvalue weighted by Gasteiger charge is -2.18. The van der Waals surface area contributed by atoms with Crippen LogP contribution in [0.3, 0.4) is 0 Å². The molecule has 0 fully saturated rings. The Bertz CT molecular complexity index is 1260. The van der Waals surface area contributed by atoms with Gasteiger partial charge in [0.25, 0.3) is 11.8 Å². The number of hydrogen-bond acceptors (Lipinski definition) is 3. The van der Waals surface area contributed by atoms with Crippen LogP contribution in [-0.4, -0.2) is 11.8 Å². The number of benzene rings is 3. The summed E-state index contributed by atoms with van der Waals surface area (Å²) < 4.78 is 40.4. The Kier molecular flexibility index (Phi) is 5.29. The van der Waals surface area contributed by atoms with E-state index in [0.29, 0.717) is 21.8 Å². The summed E-state index contributed by atoms with van der Waals surface area (Å²) in [6.07, 6.45) is 0. The monoisotopic (exact) mass is 442 g/mol. The topological polar surface area (TPSA) is 49.4 Å². The van der Waals surface area contributed by atoms with Crippen LogP contribution in [-0.2, 0) is 9.59 Å². The van der Waals surface area contributed by atoms with Crippen LogP contribution in [0.25, 0.3) is 5.57 Å². The van der Waals surface area contributed by atoms with Crippen LogP contribution in [0.4, 0.5) is 24.5 Å². The number of aryl methyl sites for hydroxylation is 1. The third-order valence-electron chi connectivity index (χ3n) is 4.81. The first kappa shape index (κ1) is 20.7.